The van der Waals surface area contributed by atoms with Gasteiger partial charge in [-0.05, 0) is 195 Å². The average Bonchev–Trinajstić information content (AvgIpc) is 0.808. The number of anilines is 22. The lowest BCUT2D eigenvalue weighted by atomic mass is 10.1. The van der Waals surface area contributed by atoms with Gasteiger partial charge >= 0.3 is 12.4 Å². The number of pyridine rings is 1. The third-order valence-electron chi connectivity index (χ3n) is 19.9. The minimum atomic E-state index is -4.66. The Labute approximate surface area is 826 Å². The van der Waals surface area contributed by atoms with Crippen molar-refractivity contribution >= 4 is 163 Å². The Morgan fingerprint density at radius 3 is 1.17 bits per heavy atom. The van der Waals surface area contributed by atoms with Crippen LogP contribution in [0.2, 0.25) is 0 Å². The van der Waals surface area contributed by atoms with Crippen molar-refractivity contribution in [2.24, 2.45) is 0 Å². The zero-order valence-corrected chi connectivity index (χ0v) is 78.1. The molecule has 0 saturated carbocycles. The summed E-state index contributed by atoms with van der Waals surface area (Å²) in [7, 11) is 3.01. The Balaban J connectivity index is 0.000000173. The van der Waals surface area contributed by atoms with E-state index in [1.54, 1.807) is 164 Å². The van der Waals surface area contributed by atoms with Crippen LogP contribution in [0, 0.1) is 18.6 Å². The number of piperidine rings is 1. The van der Waals surface area contributed by atoms with E-state index in [4.69, 9.17) is 9.47 Å². The van der Waals surface area contributed by atoms with Crippen molar-refractivity contribution in [3.05, 3.63) is 358 Å². The number of hydrogen-bond acceptors (Lipinski definition) is 29. The van der Waals surface area contributed by atoms with Crippen molar-refractivity contribution < 1.29 is 73.4 Å². The Morgan fingerprint density at radius 2 is 0.731 bits per heavy atom. The lowest BCUT2D eigenvalue weighted by Gasteiger charge is -2.32. The van der Waals surface area contributed by atoms with Crippen molar-refractivity contribution in [3.8, 4) is 11.5 Å². The van der Waals surface area contributed by atoms with Gasteiger partial charge in [0.15, 0.2) is 23.3 Å². The highest BCUT2D eigenvalue weighted by molar-refractivity contribution is 6.00. The van der Waals surface area contributed by atoms with Crippen LogP contribution in [0.1, 0.15) is 47.6 Å². The molecule has 744 valence electrons. The van der Waals surface area contributed by atoms with E-state index in [9.17, 15) is 63.9 Å². The molecular formula is C102H97F8N27O8. The lowest BCUT2D eigenvalue weighted by molar-refractivity contribution is -0.138. The number of methoxy groups -OCH3 is 2. The number of hydrogen-bond donors (Lipinski definition) is 15. The second kappa shape index (κ2) is 52.6. The van der Waals surface area contributed by atoms with Gasteiger partial charge in [0.2, 0.25) is 65.2 Å². The van der Waals surface area contributed by atoms with Crippen LogP contribution in [0.5, 0.6) is 11.5 Å². The molecule has 0 spiro atoms. The maximum Gasteiger partial charge on any atom is 0.421 e. The molecule has 1 atom stereocenters. The SMILES string of the molecule is C=CC(=O)NCc1ccc(Nc2nc(Nc3cccc(OC)c3)ncc2C(F)(F)F)cc1.C=CC(=O)NCc1ccc(Nc2nc(Nc3ccccc3)ncc2C)cc1.C=CC(=O)Nc1ccc(Nc2nc(Nc3cccc(OC)c3)ncc2C(F)(F)F)cc1.C=CC(=O)Nc1cccc(Nc2nc(NC3CCCN(C(C)=O)C3)ncc2F)c1.C=CC(=O)Nc1cccc(Nc2nc(Nc3cccnc3)ncc2F)c1. The molecule has 43 heteroatoms. The van der Waals surface area contributed by atoms with Crippen LogP contribution >= 0.6 is 0 Å². The number of aromatic nitrogens is 11. The van der Waals surface area contributed by atoms with Gasteiger partial charge in [0.05, 0.1) is 38.5 Å². The number of halogens is 8. The monoisotopic (exact) mass is 1980 g/mol. The fourth-order valence-electron chi connectivity index (χ4n) is 12.8. The first-order chi connectivity index (χ1) is 69.8. The van der Waals surface area contributed by atoms with Crippen LogP contribution in [0.25, 0.3) is 0 Å². The minimum Gasteiger partial charge on any atom is -0.497 e. The van der Waals surface area contributed by atoms with Crippen molar-refractivity contribution in [2.45, 2.75) is 58.2 Å². The fourth-order valence-corrected chi connectivity index (χ4v) is 12.8. The molecule has 1 fully saturated rings. The van der Waals surface area contributed by atoms with Gasteiger partial charge < -0.3 is 94.1 Å². The van der Waals surface area contributed by atoms with Crippen LogP contribution < -0.4 is 89.2 Å². The Kier molecular flexibility index (Phi) is 38.6. The number of likely N-dealkylation sites (tertiary alicyclic amines) is 1. The van der Waals surface area contributed by atoms with E-state index >= 15 is 0 Å². The van der Waals surface area contributed by atoms with Crippen molar-refractivity contribution in [2.75, 3.05) is 96.4 Å². The summed E-state index contributed by atoms with van der Waals surface area (Å²) in [4.78, 5) is 115. The third-order valence-corrected chi connectivity index (χ3v) is 19.9. The van der Waals surface area contributed by atoms with Crippen LogP contribution in [0.4, 0.5) is 162 Å². The summed E-state index contributed by atoms with van der Waals surface area (Å²) >= 11 is 0. The Bertz CT molecular complexity index is 6850. The van der Waals surface area contributed by atoms with Crippen LogP contribution in [-0.2, 0) is 54.2 Å². The summed E-state index contributed by atoms with van der Waals surface area (Å²) in [5.41, 5.74) is 7.69. The average molecular weight is 1980 g/mol. The smallest absolute Gasteiger partial charge is 0.421 e. The Morgan fingerprint density at radius 1 is 0.379 bits per heavy atom. The lowest BCUT2D eigenvalue weighted by Crippen LogP contribution is -2.44. The van der Waals surface area contributed by atoms with Gasteiger partial charge in [-0.2, -0.15) is 51.3 Å². The number of benzene rings is 8. The molecule has 14 aromatic rings. The highest BCUT2D eigenvalue weighted by Crippen LogP contribution is 2.39. The van der Waals surface area contributed by atoms with Gasteiger partial charge in [0.1, 0.15) is 40.1 Å². The number of ether oxygens (including phenoxy) is 2. The van der Waals surface area contributed by atoms with Crippen LogP contribution in [0.15, 0.2) is 319 Å². The number of carbonyl (C=O) groups excluding carboxylic acids is 6. The molecule has 0 radical (unpaired) electrons. The van der Waals surface area contributed by atoms with E-state index in [0.717, 1.165) is 84.0 Å². The normalized spacial score (nSPS) is 11.6. The van der Waals surface area contributed by atoms with Gasteiger partial charge in [0.25, 0.3) is 0 Å². The van der Waals surface area contributed by atoms with Gasteiger partial charge in [-0.3, -0.25) is 33.8 Å². The number of rotatable bonds is 34. The summed E-state index contributed by atoms with van der Waals surface area (Å²) in [6, 6.07) is 61.0. The molecule has 6 amide bonds. The number of para-hydroxylation sites is 1. The van der Waals surface area contributed by atoms with E-state index < -0.39 is 52.7 Å². The van der Waals surface area contributed by atoms with E-state index in [2.05, 4.69) is 167 Å². The number of nitrogens with one attached hydrogen (secondary N) is 15. The second-order valence-electron chi connectivity index (χ2n) is 30.6. The summed E-state index contributed by atoms with van der Waals surface area (Å²) in [6.07, 6.45) is 6.91. The molecule has 35 nitrogen and oxygen atoms in total. The highest BCUT2D eigenvalue weighted by Gasteiger charge is 2.37. The first-order valence-corrected chi connectivity index (χ1v) is 43.8. The molecule has 0 bridgehead atoms. The maximum atomic E-state index is 14.2. The summed E-state index contributed by atoms with van der Waals surface area (Å²) < 4.78 is 119. The van der Waals surface area contributed by atoms with Crippen molar-refractivity contribution in [3.63, 3.8) is 0 Å². The molecule has 1 aliphatic rings. The summed E-state index contributed by atoms with van der Waals surface area (Å²) in [5, 5.41) is 42.7. The van der Waals surface area contributed by atoms with Gasteiger partial charge in [-0.1, -0.05) is 99.6 Å². The minimum absolute atomic E-state index is 0.00131. The Hall–Kier alpha value is -19.1. The molecule has 145 heavy (non-hydrogen) atoms. The van der Waals surface area contributed by atoms with Crippen LogP contribution in [-0.4, -0.2) is 129 Å². The molecule has 1 unspecified atom stereocenters. The van der Waals surface area contributed by atoms with E-state index in [-0.39, 0.29) is 77.6 Å². The van der Waals surface area contributed by atoms with Crippen molar-refractivity contribution in [1.29, 1.82) is 0 Å². The molecule has 1 aliphatic heterocycles. The predicted molar refractivity (Wildman–Crippen MR) is 543 cm³/mol. The first kappa shape index (κ1) is 106. The number of amides is 6. The number of aryl methyl sites for hydroxylation is 1. The zero-order chi connectivity index (χ0) is 104. The molecule has 7 heterocycles. The third kappa shape index (κ3) is 34.5. The molecule has 15 N–H and O–H groups in total. The van der Waals surface area contributed by atoms with Crippen molar-refractivity contribution in [1.82, 2.24) is 70.4 Å². The van der Waals surface area contributed by atoms with E-state index in [1.165, 1.54) is 56.7 Å². The first-order valence-electron chi connectivity index (χ1n) is 43.8. The number of carbonyl (C=O) groups is 6. The second-order valence-corrected chi connectivity index (χ2v) is 30.6. The highest BCUT2D eigenvalue weighted by atomic mass is 19.4. The van der Waals surface area contributed by atoms with E-state index in [0.29, 0.717) is 93.6 Å². The summed E-state index contributed by atoms with van der Waals surface area (Å²) in [6.45, 7) is 22.5. The predicted octanol–water partition coefficient (Wildman–Crippen LogP) is 20.5. The van der Waals surface area contributed by atoms with Crippen LogP contribution in [0.3, 0.4) is 0 Å². The maximum absolute atomic E-state index is 14.2. The topological polar surface area (TPSA) is 446 Å². The largest absolute Gasteiger partial charge is 0.497 e. The number of nitrogens with zero attached hydrogens (tertiary/aromatic N) is 12. The molecule has 0 aliphatic carbocycles. The fraction of sp³-hybridized carbons (Fsp3) is 0.127. The molecule has 1 saturated heterocycles. The standard InChI is InChI=1S/C22H20F3N5O2.C21H18F3N5O2.C21H21N5O.C20H23FN6O2.C18H15FN6O/c1-3-19(31)26-12-14-7-9-15(10-8-14)28-20-18(22(23,24)25)13-27-21(30-20)29-16-5-4-6-17(11-16)32-2;1-3-18(30)26-13-7-9-14(10-8-13)27-19-17(21(22,23)24)12-25-20(29-19)28-15-5-4-6-16(11-15)31-2;1-3-19(27)22-14-16-9-11-18(12-10-16)24-20-15(2)13-23-21(26-20)25-17-7-5-4-6-8-17;1-3-18(29)23-14-6-4-7-15(10-14)24-19-17(21)11-22-20(26-19)25-16-8-5-9-27(12-16)13(2)28;1-2-16(26)22-12-5-3-6-13(9-12)23-17-15(19)11-21-18(25-17)24-14-7-4-8-20-10-14/h3-11,13H,1,12H2,2H3,(H,26,31)(H2,27,28,29,30);3-12H,1H2,2H3,(H,26,30)(H2,25,27,28,29);3-13H,1,14H2,2H3,(H,22,27)(H2,23,24,25,26);3-4,6-7,10-11,16H,1,5,8-9,12H2,2H3,(H,23,29)(H2,22,24,25,26);2-11H,1H2,(H,22,26)(H2,21,23,24,25). The molecule has 6 aromatic heterocycles. The molecule has 15 rings (SSSR count). The summed E-state index contributed by atoms with van der Waals surface area (Å²) in [5.74, 6) is -0.724. The molecular weight excluding hydrogens is 1880 g/mol. The quantitative estimate of drug-likeness (QED) is 0.0132. The molecule has 8 aromatic carbocycles. The zero-order valence-electron chi connectivity index (χ0n) is 78.1. The van der Waals surface area contributed by atoms with Gasteiger partial charge in [0, 0.05) is 144 Å². The van der Waals surface area contributed by atoms with Gasteiger partial charge in [-0.15, -0.1) is 0 Å². The number of alkyl halides is 6. The van der Waals surface area contributed by atoms with E-state index in [1.807, 2.05) is 61.5 Å². The van der Waals surface area contributed by atoms with Gasteiger partial charge in [-0.25, -0.2) is 33.7 Å².